The SMILES string of the molecule is COc1cc2nc(N3CCC(Cc4ccccc4)(C(=O)O)CC3)[nH]c(=O)c2cc1C. The molecule has 7 nitrogen and oxygen atoms in total. The zero-order chi connectivity index (χ0) is 21.3. The Morgan fingerprint density at radius 1 is 1.23 bits per heavy atom. The lowest BCUT2D eigenvalue weighted by molar-refractivity contribution is -0.150. The molecule has 2 heterocycles. The van der Waals surface area contributed by atoms with Gasteiger partial charge in [-0.1, -0.05) is 30.3 Å². The van der Waals surface area contributed by atoms with Crippen LogP contribution in [0.5, 0.6) is 5.75 Å². The minimum atomic E-state index is -0.810. The molecule has 1 aliphatic rings. The predicted octanol–water partition coefficient (Wildman–Crippen LogP) is 3.15. The van der Waals surface area contributed by atoms with Crippen molar-refractivity contribution in [2.45, 2.75) is 26.2 Å². The second-order valence-corrected chi connectivity index (χ2v) is 7.96. The minimum absolute atomic E-state index is 0.208. The topological polar surface area (TPSA) is 95.5 Å². The third kappa shape index (κ3) is 3.63. The van der Waals surface area contributed by atoms with Crippen molar-refractivity contribution in [1.82, 2.24) is 9.97 Å². The van der Waals surface area contributed by atoms with Gasteiger partial charge in [0.1, 0.15) is 5.75 Å². The summed E-state index contributed by atoms with van der Waals surface area (Å²) in [6.07, 6.45) is 1.46. The molecule has 1 saturated heterocycles. The molecule has 0 radical (unpaired) electrons. The Bertz CT molecular complexity index is 1130. The average Bonchev–Trinajstić information content (AvgIpc) is 2.75. The monoisotopic (exact) mass is 407 g/mol. The van der Waals surface area contributed by atoms with Crippen LogP contribution in [0.3, 0.4) is 0 Å². The van der Waals surface area contributed by atoms with Gasteiger partial charge in [-0.25, -0.2) is 4.98 Å². The molecule has 7 heteroatoms. The first-order chi connectivity index (χ1) is 14.4. The second-order valence-electron chi connectivity index (χ2n) is 7.96. The molecule has 0 amide bonds. The van der Waals surface area contributed by atoms with Crippen molar-refractivity contribution in [3.8, 4) is 5.75 Å². The highest BCUT2D eigenvalue weighted by Gasteiger charge is 2.42. The lowest BCUT2D eigenvalue weighted by Crippen LogP contribution is -2.46. The van der Waals surface area contributed by atoms with Gasteiger partial charge in [-0.15, -0.1) is 0 Å². The number of anilines is 1. The molecule has 0 unspecified atom stereocenters. The number of H-pyrrole nitrogens is 1. The summed E-state index contributed by atoms with van der Waals surface area (Å²) in [5, 5.41) is 10.5. The van der Waals surface area contributed by atoms with E-state index in [4.69, 9.17) is 4.74 Å². The van der Waals surface area contributed by atoms with Gasteiger partial charge in [-0.3, -0.25) is 14.6 Å². The largest absolute Gasteiger partial charge is 0.496 e. The normalized spacial score (nSPS) is 15.9. The van der Waals surface area contributed by atoms with E-state index in [1.165, 1.54) is 0 Å². The van der Waals surface area contributed by atoms with Gasteiger partial charge in [-0.05, 0) is 43.4 Å². The number of benzene rings is 2. The van der Waals surface area contributed by atoms with Gasteiger partial charge in [0.15, 0.2) is 0 Å². The number of nitrogens with zero attached hydrogens (tertiary/aromatic N) is 2. The van der Waals surface area contributed by atoms with Crippen molar-refractivity contribution < 1.29 is 14.6 Å². The van der Waals surface area contributed by atoms with Crippen LogP contribution >= 0.6 is 0 Å². The molecule has 30 heavy (non-hydrogen) atoms. The number of hydrogen-bond donors (Lipinski definition) is 2. The van der Waals surface area contributed by atoms with E-state index in [1.54, 1.807) is 19.2 Å². The Kier molecular flexibility index (Phi) is 5.20. The number of rotatable bonds is 5. The molecule has 3 aromatic rings. The molecule has 156 valence electrons. The number of ether oxygens (including phenoxy) is 1. The molecule has 0 bridgehead atoms. The maximum absolute atomic E-state index is 12.6. The number of carboxylic acids is 1. The van der Waals surface area contributed by atoms with Crippen LogP contribution < -0.4 is 15.2 Å². The molecule has 4 rings (SSSR count). The van der Waals surface area contributed by atoms with Crippen LogP contribution in [-0.4, -0.2) is 41.2 Å². The summed E-state index contributed by atoms with van der Waals surface area (Å²) in [5.74, 6) is 0.376. The Balaban J connectivity index is 1.60. The first-order valence-electron chi connectivity index (χ1n) is 10.0. The number of carboxylic acid groups (broad SMARTS) is 1. The molecule has 0 saturated carbocycles. The van der Waals surface area contributed by atoms with Crippen LogP contribution in [0.15, 0.2) is 47.3 Å². The molecule has 0 aliphatic carbocycles. The molecule has 2 aromatic carbocycles. The lowest BCUT2D eigenvalue weighted by Gasteiger charge is -2.39. The number of hydrogen-bond acceptors (Lipinski definition) is 5. The third-order valence-electron chi connectivity index (χ3n) is 6.07. The number of aryl methyl sites for hydroxylation is 1. The number of piperidine rings is 1. The fourth-order valence-electron chi connectivity index (χ4n) is 4.23. The van der Waals surface area contributed by atoms with E-state index in [0.717, 1.165) is 11.1 Å². The van der Waals surface area contributed by atoms with E-state index in [1.807, 2.05) is 42.2 Å². The molecular formula is C23H25N3O4. The highest BCUT2D eigenvalue weighted by molar-refractivity contribution is 5.81. The smallest absolute Gasteiger partial charge is 0.310 e. The number of fused-ring (bicyclic) bond motifs is 1. The molecule has 1 aromatic heterocycles. The zero-order valence-corrected chi connectivity index (χ0v) is 17.1. The highest BCUT2D eigenvalue weighted by atomic mass is 16.5. The van der Waals surface area contributed by atoms with Crippen LogP contribution in [0, 0.1) is 12.3 Å². The van der Waals surface area contributed by atoms with Crippen LogP contribution in [0.4, 0.5) is 5.95 Å². The van der Waals surface area contributed by atoms with E-state index in [-0.39, 0.29) is 5.56 Å². The first kappa shape index (κ1) is 19.9. The lowest BCUT2D eigenvalue weighted by atomic mass is 9.74. The van der Waals surface area contributed by atoms with Crippen molar-refractivity contribution in [1.29, 1.82) is 0 Å². The van der Waals surface area contributed by atoms with Crippen molar-refractivity contribution in [3.05, 3.63) is 63.9 Å². The summed E-state index contributed by atoms with van der Waals surface area (Å²) in [5.41, 5.74) is 1.44. The van der Waals surface area contributed by atoms with Crippen LogP contribution in [0.25, 0.3) is 10.9 Å². The third-order valence-corrected chi connectivity index (χ3v) is 6.07. The molecule has 0 spiro atoms. The van der Waals surface area contributed by atoms with Crippen molar-refractivity contribution in [2.75, 3.05) is 25.1 Å². The number of aliphatic carboxylic acids is 1. The molecule has 1 fully saturated rings. The van der Waals surface area contributed by atoms with Crippen LogP contribution in [0.1, 0.15) is 24.0 Å². The van der Waals surface area contributed by atoms with Crippen molar-refractivity contribution in [3.63, 3.8) is 0 Å². The summed E-state index contributed by atoms with van der Waals surface area (Å²) in [4.78, 5) is 34.2. The summed E-state index contributed by atoms with van der Waals surface area (Å²) in [6.45, 7) is 2.90. The van der Waals surface area contributed by atoms with Crippen molar-refractivity contribution in [2.24, 2.45) is 5.41 Å². The zero-order valence-electron chi connectivity index (χ0n) is 17.1. The summed E-state index contributed by atoms with van der Waals surface area (Å²) in [7, 11) is 1.59. The fourth-order valence-corrected chi connectivity index (χ4v) is 4.23. The Hall–Kier alpha value is -3.35. The highest BCUT2D eigenvalue weighted by Crippen LogP contribution is 2.36. The van der Waals surface area contributed by atoms with Gasteiger partial charge in [-0.2, -0.15) is 0 Å². The van der Waals surface area contributed by atoms with E-state index < -0.39 is 11.4 Å². The quantitative estimate of drug-likeness (QED) is 0.675. The molecule has 2 N–H and O–H groups in total. The summed E-state index contributed by atoms with van der Waals surface area (Å²) in [6, 6.07) is 13.3. The Morgan fingerprint density at radius 2 is 1.93 bits per heavy atom. The summed E-state index contributed by atoms with van der Waals surface area (Å²) < 4.78 is 5.36. The summed E-state index contributed by atoms with van der Waals surface area (Å²) >= 11 is 0. The maximum Gasteiger partial charge on any atom is 0.310 e. The minimum Gasteiger partial charge on any atom is -0.496 e. The van der Waals surface area contributed by atoms with Crippen molar-refractivity contribution >= 4 is 22.8 Å². The van der Waals surface area contributed by atoms with E-state index >= 15 is 0 Å². The van der Waals surface area contributed by atoms with Gasteiger partial charge in [0.2, 0.25) is 5.95 Å². The van der Waals surface area contributed by atoms with E-state index in [9.17, 15) is 14.7 Å². The first-order valence-corrected chi connectivity index (χ1v) is 10.0. The predicted molar refractivity (Wildman–Crippen MR) is 115 cm³/mol. The fraction of sp³-hybridized carbons (Fsp3) is 0.348. The Morgan fingerprint density at radius 3 is 2.57 bits per heavy atom. The molecule has 1 aliphatic heterocycles. The standard InChI is InChI=1S/C23H25N3O4/c1-15-12-17-18(13-19(15)30-2)24-22(25-20(17)27)26-10-8-23(9-11-26,21(28)29)14-16-6-4-3-5-7-16/h3-7,12-13H,8-11,14H2,1-2H3,(H,28,29)(H,24,25,27). The Labute approximate surface area is 174 Å². The van der Waals surface area contributed by atoms with Gasteiger partial charge >= 0.3 is 5.97 Å². The van der Waals surface area contributed by atoms with Crippen LogP contribution in [0.2, 0.25) is 0 Å². The van der Waals surface area contributed by atoms with E-state index in [0.29, 0.717) is 55.0 Å². The van der Waals surface area contributed by atoms with Gasteiger partial charge in [0.05, 0.1) is 23.4 Å². The van der Waals surface area contributed by atoms with Crippen LogP contribution in [-0.2, 0) is 11.2 Å². The average molecular weight is 407 g/mol. The maximum atomic E-state index is 12.6. The van der Waals surface area contributed by atoms with Gasteiger partial charge in [0, 0.05) is 19.2 Å². The number of aromatic nitrogens is 2. The number of carbonyl (C=O) groups is 1. The number of methoxy groups -OCH3 is 1. The van der Waals surface area contributed by atoms with Gasteiger partial charge < -0.3 is 14.7 Å². The number of aromatic amines is 1. The molecular weight excluding hydrogens is 382 g/mol. The molecule has 0 atom stereocenters. The van der Waals surface area contributed by atoms with E-state index in [2.05, 4.69) is 9.97 Å². The second kappa shape index (κ2) is 7.82. The number of nitrogens with one attached hydrogen (secondary N) is 1. The van der Waals surface area contributed by atoms with Gasteiger partial charge in [0.25, 0.3) is 5.56 Å².